The molecule has 0 spiro atoms. The zero-order valence-corrected chi connectivity index (χ0v) is 11.6. The fourth-order valence-electron chi connectivity index (χ4n) is 1.73. The summed E-state index contributed by atoms with van der Waals surface area (Å²) in [6, 6.07) is 14.6. The number of pyridine rings is 1. The molecule has 0 bridgehead atoms. The van der Waals surface area contributed by atoms with Gasteiger partial charge >= 0.3 is 0 Å². The van der Waals surface area contributed by atoms with Crippen LogP contribution in [0.4, 0.5) is 0 Å². The monoisotopic (exact) mass is 259 g/mol. The first-order chi connectivity index (χ1) is 8.90. The van der Waals surface area contributed by atoms with Gasteiger partial charge in [0.25, 0.3) is 0 Å². The second-order valence-electron chi connectivity index (χ2n) is 3.92. The van der Waals surface area contributed by atoms with Crippen molar-refractivity contribution >= 4 is 13.9 Å². The lowest BCUT2D eigenvalue weighted by atomic mass is 10.1. The molecule has 0 fully saturated rings. The van der Waals surface area contributed by atoms with Crippen molar-refractivity contribution in [2.24, 2.45) is 0 Å². The molecule has 3 heteroatoms. The van der Waals surface area contributed by atoms with Crippen LogP contribution in [0.3, 0.4) is 0 Å². The van der Waals surface area contributed by atoms with Crippen molar-refractivity contribution in [3.63, 3.8) is 0 Å². The summed E-state index contributed by atoms with van der Waals surface area (Å²) >= 11 is 0. The van der Waals surface area contributed by atoms with Gasteiger partial charge in [0.05, 0.1) is 12.3 Å². The largest absolute Gasteiger partial charge is 0.381 e. The molecule has 1 unspecified atom stereocenters. The maximum Gasteiger partial charge on any atom is 0.0702 e. The minimum atomic E-state index is 0.803. The van der Waals surface area contributed by atoms with Gasteiger partial charge in [-0.1, -0.05) is 32.8 Å². The Balaban J connectivity index is 2.02. The Labute approximate surface area is 110 Å². The lowest BCUT2D eigenvalue weighted by molar-refractivity contribution is 0.164. The average molecular weight is 259 g/mol. The molecule has 18 heavy (non-hydrogen) atoms. The first-order valence-electron chi connectivity index (χ1n) is 6.23. The Hall–Kier alpha value is -1.24. The third-order valence-corrected chi connectivity index (χ3v) is 3.78. The Bertz CT molecular complexity index is 473. The maximum absolute atomic E-state index is 5.36. The molecular formula is C15H18NOP. The number of nitrogens with zero attached hydrogens (tertiary/aromatic N) is 1. The minimum Gasteiger partial charge on any atom is -0.381 e. The fraction of sp³-hybridized carbons (Fsp3) is 0.267. The zero-order chi connectivity index (χ0) is 12.6. The van der Waals surface area contributed by atoms with E-state index in [9.17, 15) is 0 Å². The van der Waals surface area contributed by atoms with E-state index in [2.05, 4.69) is 29.2 Å². The van der Waals surface area contributed by atoms with Crippen LogP contribution < -0.4 is 5.30 Å². The van der Waals surface area contributed by atoms with Crippen molar-refractivity contribution in [3.05, 3.63) is 48.7 Å². The molecule has 1 aromatic carbocycles. The summed E-state index contributed by atoms with van der Waals surface area (Å²) in [5.74, 6) is 0. The molecule has 2 aromatic rings. The lowest BCUT2D eigenvalue weighted by Gasteiger charge is -2.05. The normalized spacial score (nSPS) is 11.2. The number of ether oxygens (including phenoxy) is 1. The van der Waals surface area contributed by atoms with Crippen LogP contribution in [0.1, 0.15) is 6.92 Å². The molecule has 0 saturated heterocycles. The van der Waals surface area contributed by atoms with Gasteiger partial charge in [0, 0.05) is 18.4 Å². The summed E-state index contributed by atoms with van der Waals surface area (Å²) in [7, 11) is 0.803. The lowest BCUT2D eigenvalue weighted by Crippen LogP contribution is -2.01. The van der Waals surface area contributed by atoms with Crippen molar-refractivity contribution < 1.29 is 4.74 Å². The van der Waals surface area contributed by atoms with Crippen molar-refractivity contribution in [1.82, 2.24) is 4.98 Å². The van der Waals surface area contributed by atoms with E-state index in [-0.39, 0.29) is 0 Å². The molecule has 0 amide bonds. The summed E-state index contributed by atoms with van der Waals surface area (Å²) in [5, 5.41) is 1.37. The topological polar surface area (TPSA) is 22.1 Å². The Kier molecular flexibility index (Phi) is 5.32. The SMILES string of the molecule is CCOCCPc1cccc(-c2ccccn2)c1. The predicted molar refractivity (Wildman–Crippen MR) is 79.0 cm³/mol. The highest BCUT2D eigenvalue weighted by Crippen LogP contribution is 2.18. The van der Waals surface area contributed by atoms with Gasteiger partial charge < -0.3 is 4.74 Å². The van der Waals surface area contributed by atoms with Crippen LogP contribution in [0.25, 0.3) is 11.3 Å². The van der Waals surface area contributed by atoms with Gasteiger partial charge in [0.15, 0.2) is 0 Å². The van der Waals surface area contributed by atoms with E-state index in [1.54, 1.807) is 0 Å². The molecule has 0 saturated carbocycles. The highest BCUT2D eigenvalue weighted by atomic mass is 31.1. The van der Waals surface area contributed by atoms with Crippen molar-refractivity contribution in [2.75, 3.05) is 19.4 Å². The van der Waals surface area contributed by atoms with E-state index in [1.165, 1.54) is 10.9 Å². The number of aromatic nitrogens is 1. The van der Waals surface area contributed by atoms with Crippen LogP contribution in [-0.4, -0.2) is 24.4 Å². The molecule has 0 aliphatic heterocycles. The minimum absolute atomic E-state index is 0.803. The fourth-order valence-corrected chi connectivity index (χ4v) is 2.74. The standard InChI is InChI=1S/C15H18NOP/c1-2-17-10-11-18-14-7-5-6-13(12-14)15-8-3-4-9-16-15/h3-9,12,18H,2,10-11H2,1H3. The molecule has 2 rings (SSSR count). The van der Waals surface area contributed by atoms with Gasteiger partial charge in [-0.25, -0.2) is 0 Å². The molecule has 0 N–H and O–H groups in total. The van der Waals surface area contributed by atoms with Crippen LogP contribution in [0, 0.1) is 0 Å². The zero-order valence-electron chi connectivity index (χ0n) is 10.6. The van der Waals surface area contributed by atoms with Crippen molar-refractivity contribution in [2.45, 2.75) is 6.92 Å². The molecule has 2 nitrogen and oxygen atoms in total. The van der Waals surface area contributed by atoms with Crippen molar-refractivity contribution in [1.29, 1.82) is 0 Å². The summed E-state index contributed by atoms with van der Waals surface area (Å²) in [6.45, 7) is 3.69. The molecular weight excluding hydrogens is 241 g/mol. The number of benzene rings is 1. The van der Waals surface area contributed by atoms with E-state index in [0.717, 1.165) is 33.7 Å². The molecule has 0 aliphatic rings. The van der Waals surface area contributed by atoms with Crippen LogP contribution in [0.5, 0.6) is 0 Å². The number of hydrogen-bond donors (Lipinski definition) is 0. The smallest absolute Gasteiger partial charge is 0.0702 e. The van der Waals surface area contributed by atoms with Gasteiger partial charge in [-0.3, -0.25) is 4.98 Å². The van der Waals surface area contributed by atoms with E-state index >= 15 is 0 Å². The third kappa shape index (κ3) is 3.90. The molecule has 0 aliphatic carbocycles. The van der Waals surface area contributed by atoms with E-state index in [4.69, 9.17) is 4.74 Å². The quantitative estimate of drug-likeness (QED) is 0.587. The second kappa shape index (κ2) is 7.25. The van der Waals surface area contributed by atoms with Gasteiger partial charge in [0.2, 0.25) is 0 Å². The van der Waals surface area contributed by atoms with Gasteiger partial charge in [0.1, 0.15) is 0 Å². The molecule has 1 atom stereocenters. The van der Waals surface area contributed by atoms with Crippen LogP contribution in [0.2, 0.25) is 0 Å². The first kappa shape index (κ1) is 13.2. The van der Waals surface area contributed by atoms with Gasteiger partial charge in [-0.05, 0) is 36.6 Å². The molecule has 1 aromatic heterocycles. The van der Waals surface area contributed by atoms with Crippen LogP contribution in [-0.2, 0) is 4.74 Å². The van der Waals surface area contributed by atoms with Gasteiger partial charge in [-0.2, -0.15) is 0 Å². The van der Waals surface area contributed by atoms with E-state index in [0.29, 0.717) is 0 Å². The van der Waals surface area contributed by atoms with E-state index < -0.39 is 0 Å². The maximum atomic E-state index is 5.36. The average Bonchev–Trinajstić information content (AvgIpc) is 2.45. The molecule has 94 valence electrons. The summed E-state index contributed by atoms with van der Waals surface area (Å²) in [4.78, 5) is 4.38. The number of rotatable bonds is 6. The summed E-state index contributed by atoms with van der Waals surface area (Å²) < 4.78 is 5.36. The third-order valence-electron chi connectivity index (χ3n) is 2.60. The van der Waals surface area contributed by atoms with Gasteiger partial charge in [-0.15, -0.1) is 0 Å². The van der Waals surface area contributed by atoms with E-state index in [1.807, 2.05) is 31.3 Å². The second-order valence-corrected chi connectivity index (χ2v) is 5.35. The Morgan fingerprint density at radius 2 is 2.11 bits per heavy atom. The predicted octanol–water partition coefficient (Wildman–Crippen LogP) is 3.09. The highest BCUT2D eigenvalue weighted by Gasteiger charge is 1.99. The molecule has 1 heterocycles. The Morgan fingerprint density at radius 1 is 1.17 bits per heavy atom. The van der Waals surface area contributed by atoms with Crippen LogP contribution >= 0.6 is 8.58 Å². The highest BCUT2D eigenvalue weighted by molar-refractivity contribution is 7.47. The molecule has 0 radical (unpaired) electrons. The Morgan fingerprint density at radius 3 is 2.89 bits per heavy atom. The van der Waals surface area contributed by atoms with Crippen LogP contribution in [0.15, 0.2) is 48.7 Å². The number of hydrogen-bond acceptors (Lipinski definition) is 2. The van der Waals surface area contributed by atoms with Crippen molar-refractivity contribution in [3.8, 4) is 11.3 Å². The first-order valence-corrected chi connectivity index (χ1v) is 7.44. The summed E-state index contributed by atoms with van der Waals surface area (Å²) in [6.07, 6.45) is 2.93. The summed E-state index contributed by atoms with van der Waals surface area (Å²) in [5.41, 5.74) is 2.23.